The fourth-order valence-corrected chi connectivity index (χ4v) is 3.65. The molecule has 2 aromatic rings. The molecule has 2 heterocycles. The zero-order valence-corrected chi connectivity index (χ0v) is 16.5. The molecule has 28 heavy (non-hydrogen) atoms. The zero-order valence-electron chi connectivity index (χ0n) is 15.7. The van der Waals surface area contributed by atoms with Gasteiger partial charge in [-0.2, -0.15) is 0 Å². The molecule has 0 aliphatic carbocycles. The van der Waals surface area contributed by atoms with Gasteiger partial charge in [-0.05, 0) is 31.9 Å². The van der Waals surface area contributed by atoms with Gasteiger partial charge in [-0.25, -0.2) is 9.78 Å². The van der Waals surface area contributed by atoms with E-state index in [0.29, 0.717) is 36.8 Å². The Labute approximate surface area is 166 Å². The highest BCUT2D eigenvalue weighted by Crippen LogP contribution is 2.22. The van der Waals surface area contributed by atoms with E-state index >= 15 is 0 Å². The summed E-state index contributed by atoms with van der Waals surface area (Å²) in [5, 5.41) is 7.32. The number of likely N-dealkylation sites (tertiary alicyclic amines) is 1. The average molecular weight is 402 g/mol. The van der Waals surface area contributed by atoms with Crippen molar-refractivity contribution in [2.75, 3.05) is 30.8 Å². The van der Waals surface area contributed by atoms with Crippen molar-refractivity contribution in [3.8, 4) is 0 Å². The Bertz CT molecular complexity index is 857. The number of methoxy groups -OCH3 is 1. The second kappa shape index (κ2) is 8.83. The molecule has 8 nitrogen and oxygen atoms in total. The third-order valence-corrected chi connectivity index (χ3v) is 5.33. The molecule has 3 rings (SSSR count). The third kappa shape index (κ3) is 4.86. The lowest BCUT2D eigenvalue weighted by atomic mass is 9.97. The number of aromatic nitrogens is 1. The van der Waals surface area contributed by atoms with Crippen LogP contribution in [0.15, 0.2) is 29.6 Å². The molecule has 9 heteroatoms. The van der Waals surface area contributed by atoms with E-state index in [2.05, 4.69) is 15.6 Å². The highest BCUT2D eigenvalue weighted by Gasteiger charge is 2.29. The van der Waals surface area contributed by atoms with Crippen LogP contribution in [0.4, 0.5) is 15.6 Å². The van der Waals surface area contributed by atoms with Crippen LogP contribution in [-0.4, -0.2) is 48.0 Å². The minimum Gasteiger partial charge on any atom is -0.469 e. The van der Waals surface area contributed by atoms with Gasteiger partial charge in [0.1, 0.15) is 5.69 Å². The van der Waals surface area contributed by atoms with Crippen molar-refractivity contribution in [2.45, 2.75) is 19.8 Å². The summed E-state index contributed by atoms with van der Waals surface area (Å²) in [6.45, 7) is 2.93. The molecule has 1 aliphatic heterocycles. The molecular formula is C19H22N4O4S. The first-order valence-corrected chi connectivity index (χ1v) is 9.81. The van der Waals surface area contributed by atoms with Crippen LogP contribution in [0.3, 0.4) is 0 Å². The molecule has 1 saturated heterocycles. The summed E-state index contributed by atoms with van der Waals surface area (Å²) in [5.74, 6) is -0.592. The van der Waals surface area contributed by atoms with Crippen molar-refractivity contribution in [3.05, 3.63) is 40.9 Å². The third-order valence-electron chi connectivity index (χ3n) is 4.57. The standard InChI is InChI=1S/C19H22N4O4S/c1-12-3-5-14(6-4-12)20-18(26)22-19-21-15(11-28-19)16(24)23-9-7-13(8-10-23)17(25)27-2/h3-6,11,13H,7-10H2,1-2H3,(H2,20,21,22,26). The van der Waals surface area contributed by atoms with E-state index in [1.807, 2.05) is 31.2 Å². The molecule has 0 spiro atoms. The molecule has 148 valence electrons. The van der Waals surface area contributed by atoms with E-state index in [9.17, 15) is 14.4 Å². The van der Waals surface area contributed by atoms with E-state index in [1.54, 1.807) is 10.3 Å². The number of benzene rings is 1. The highest BCUT2D eigenvalue weighted by molar-refractivity contribution is 7.14. The molecule has 2 N–H and O–H groups in total. The van der Waals surface area contributed by atoms with Crippen molar-refractivity contribution in [2.24, 2.45) is 5.92 Å². The van der Waals surface area contributed by atoms with Crippen molar-refractivity contribution in [1.82, 2.24) is 9.88 Å². The summed E-state index contributed by atoms with van der Waals surface area (Å²) in [6.07, 6.45) is 1.15. The van der Waals surface area contributed by atoms with E-state index in [0.717, 1.165) is 5.56 Å². The Morgan fingerprint density at radius 2 is 1.82 bits per heavy atom. The highest BCUT2D eigenvalue weighted by atomic mass is 32.1. The number of piperidine rings is 1. The van der Waals surface area contributed by atoms with Crippen LogP contribution >= 0.6 is 11.3 Å². The first kappa shape index (κ1) is 19.8. The van der Waals surface area contributed by atoms with Gasteiger partial charge in [-0.15, -0.1) is 11.3 Å². The fourth-order valence-electron chi connectivity index (χ4n) is 2.97. The minimum atomic E-state index is -0.420. The number of hydrogen-bond acceptors (Lipinski definition) is 6. The maximum absolute atomic E-state index is 12.6. The van der Waals surface area contributed by atoms with Crippen molar-refractivity contribution < 1.29 is 19.1 Å². The Hall–Kier alpha value is -2.94. The summed E-state index contributed by atoms with van der Waals surface area (Å²) in [4.78, 5) is 42.1. The Kier molecular flexibility index (Phi) is 6.25. The number of anilines is 2. The van der Waals surface area contributed by atoms with Gasteiger partial charge in [0.05, 0.1) is 13.0 Å². The number of nitrogens with one attached hydrogen (secondary N) is 2. The number of urea groups is 1. The maximum Gasteiger partial charge on any atom is 0.325 e. The van der Waals surface area contributed by atoms with Gasteiger partial charge in [0.25, 0.3) is 5.91 Å². The Morgan fingerprint density at radius 3 is 2.46 bits per heavy atom. The van der Waals surface area contributed by atoms with E-state index in [4.69, 9.17) is 4.74 Å². The van der Waals surface area contributed by atoms with Crippen LogP contribution in [0.2, 0.25) is 0 Å². The van der Waals surface area contributed by atoms with Crippen molar-refractivity contribution >= 4 is 40.1 Å². The van der Waals surface area contributed by atoms with E-state index in [1.165, 1.54) is 18.4 Å². The topological polar surface area (TPSA) is 101 Å². The quantitative estimate of drug-likeness (QED) is 0.766. The maximum atomic E-state index is 12.6. The number of carbonyl (C=O) groups excluding carboxylic acids is 3. The first-order chi connectivity index (χ1) is 13.5. The molecule has 1 aromatic carbocycles. The SMILES string of the molecule is COC(=O)C1CCN(C(=O)c2csc(NC(=O)Nc3ccc(C)cc3)n2)CC1. The molecule has 1 fully saturated rings. The number of amides is 3. The van der Waals surface area contributed by atoms with Gasteiger partial charge < -0.3 is 15.0 Å². The largest absolute Gasteiger partial charge is 0.469 e. The molecule has 0 bridgehead atoms. The number of hydrogen-bond donors (Lipinski definition) is 2. The molecule has 0 atom stereocenters. The summed E-state index contributed by atoms with van der Waals surface area (Å²) in [6, 6.07) is 7.00. The predicted octanol–water partition coefficient (Wildman–Crippen LogP) is 3.12. The Balaban J connectivity index is 1.53. The number of carbonyl (C=O) groups is 3. The molecule has 0 unspecified atom stereocenters. The lowest BCUT2D eigenvalue weighted by molar-refractivity contribution is -0.146. The number of thiazole rings is 1. The lowest BCUT2D eigenvalue weighted by Crippen LogP contribution is -2.40. The smallest absolute Gasteiger partial charge is 0.325 e. The van der Waals surface area contributed by atoms with Crippen LogP contribution in [0.1, 0.15) is 28.9 Å². The number of ether oxygens (including phenoxy) is 1. The van der Waals surface area contributed by atoms with Crippen LogP contribution in [0.5, 0.6) is 0 Å². The zero-order chi connectivity index (χ0) is 20.1. The normalized spacial score (nSPS) is 14.4. The number of esters is 1. The minimum absolute atomic E-state index is 0.160. The monoisotopic (exact) mass is 402 g/mol. The Morgan fingerprint density at radius 1 is 1.14 bits per heavy atom. The molecule has 0 radical (unpaired) electrons. The summed E-state index contributed by atoms with van der Waals surface area (Å²) < 4.78 is 4.76. The number of aryl methyl sites for hydroxylation is 1. The molecule has 0 saturated carbocycles. The summed E-state index contributed by atoms with van der Waals surface area (Å²) in [7, 11) is 1.37. The fraction of sp³-hybridized carbons (Fsp3) is 0.368. The van der Waals surface area contributed by atoms with Crippen LogP contribution in [0, 0.1) is 12.8 Å². The summed E-state index contributed by atoms with van der Waals surface area (Å²) in [5.41, 5.74) is 2.06. The average Bonchev–Trinajstić information content (AvgIpc) is 3.17. The first-order valence-electron chi connectivity index (χ1n) is 8.93. The van der Waals surface area contributed by atoms with Gasteiger partial charge in [0.2, 0.25) is 0 Å². The summed E-state index contributed by atoms with van der Waals surface area (Å²) >= 11 is 1.19. The van der Waals surface area contributed by atoms with Crippen LogP contribution in [-0.2, 0) is 9.53 Å². The van der Waals surface area contributed by atoms with E-state index in [-0.39, 0.29) is 23.5 Å². The molecule has 1 aromatic heterocycles. The number of nitrogens with zero attached hydrogens (tertiary/aromatic N) is 2. The van der Waals surface area contributed by atoms with Gasteiger partial charge in [-0.1, -0.05) is 17.7 Å². The predicted molar refractivity (Wildman–Crippen MR) is 107 cm³/mol. The van der Waals surface area contributed by atoms with Crippen molar-refractivity contribution in [1.29, 1.82) is 0 Å². The molecular weight excluding hydrogens is 380 g/mol. The van der Waals surface area contributed by atoms with Crippen LogP contribution in [0.25, 0.3) is 0 Å². The number of rotatable bonds is 4. The molecule has 3 amide bonds. The van der Waals surface area contributed by atoms with Gasteiger partial charge >= 0.3 is 12.0 Å². The molecule has 1 aliphatic rings. The van der Waals surface area contributed by atoms with Gasteiger partial charge in [0, 0.05) is 24.2 Å². The van der Waals surface area contributed by atoms with Gasteiger partial charge in [0.15, 0.2) is 5.13 Å². The lowest BCUT2D eigenvalue weighted by Gasteiger charge is -2.30. The van der Waals surface area contributed by atoms with E-state index < -0.39 is 6.03 Å². The van der Waals surface area contributed by atoms with Crippen molar-refractivity contribution in [3.63, 3.8) is 0 Å². The van der Waals surface area contributed by atoms with Gasteiger partial charge in [-0.3, -0.25) is 14.9 Å². The second-order valence-electron chi connectivity index (χ2n) is 6.57. The second-order valence-corrected chi connectivity index (χ2v) is 7.43. The van der Waals surface area contributed by atoms with Crippen LogP contribution < -0.4 is 10.6 Å².